The van der Waals surface area contributed by atoms with Gasteiger partial charge in [0.05, 0.1) is 0 Å². The van der Waals surface area contributed by atoms with Crippen LogP contribution in [0.5, 0.6) is 0 Å². The van der Waals surface area contributed by atoms with Gasteiger partial charge in [-0.2, -0.15) is 0 Å². The van der Waals surface area contributed by atoms with Gasteiger partial charge in [0.1, 0.15) is 0 Å². The Kier molecular flexibility index (Phi) is 7.03. The van der Waals surface area contributed by atoms with Gasteiger partial charge in [0.2, 0.25) is 5.91 Å². The molecule has 0 aromatic heterocycles. The van der Waals surface area contributed by atoms with Crippen molar-refractivity contribution in [2.75, 3.05) is 13.6 Å². The summed E-state index contributed by atoms with van der Waals surface area (Å²) in [6, 6.07) is 8.80. The van der Waals surface area contributed by atoms with Gasteiger partial charge in [-0.1, -0.05) is 24.3 Å². The average molecular weight is 297 g/mol. The molecule has 2 rings (SSSR count). The molecule has 1 amide bonds. The molecule has 3 nitrogen and oxygen atoms in total. The number of halogens is 1. The van der Waals surface area contributed by atoms with E-state index in [9.17, 15) is 4.79 Å². The molecule has 0 spiro atoms. The summed E-state index contributed by atoms with van der Waals surface area (Å²) in [6.45, 7) is 3.91. The van der Waals surface area contributed by atoms with E-state index in [2.05, 4.69) is 24.4 Å². The van der Waals surface area contributed by atoms with Gasteiger partial charge in [-0.15, -0.1) is 12.4 Å². The van der Waals surface area contributed by atoms with Crippen molar-refractivity contribution in [3.8, 4) is 0 Å². The van der Waals surface area contributed by atoms with Gasteiger partial charge in [0.25, 0.3) is 0 Å². The molecule has 1 atom stereocenters. The smallest absolute Gasteiger partial charge is 0.222 e. The van der Waals surface area contributed by atoms with Crippen LogP contribution in [0.1, 0.15) is 36.8 Å². The quantitative estimate of drug-likeness (QED) is 0.906. The molecular weight excluding hydrogens is 272 g/mol. The Morgan fingerprint density at radius 1 is 1.40 bits per heavy atom. The van der Waals surface area contributed by atoms with E-state index >= 15 is 0 Å². The highest BCUT2D eigenvalue weighted by Crippen LogP contribution is 2.13. The van der Waals surface area contributed by atoms with Gasteiger partial charge in [0, 0.05) is 26.1 Å². The summed E-state index contributed by atoms with van der Waals surface area (Å²) in [7, 11) is 1.90. The van der Waals surface area contributed by atoms with Crippen LogP contribution in [-0.2, 0) is 11.3 Å². The van der Waals surface area contributed by atoms with E-state index in [0.717, 1.165) is 13.0 Å². The fourth-order valence-corrected chi connectivity index (χ4v) is 2.62. The van der Waals surface area contributed by atoms with E-state index in [0.29, 0.717) is 19.0 Å². The number of nitrogens with one attached hydrogen (secondary N) is 1. The molecule has 4 heteroatoms. The zero-order chi connectivity index (χ0) is 13.7. The minimum Gasteiger partial charge on any atom is -0.341 e. The first kappa shape index (κ1) is 17.0. The lowest BCUT2D eigenvalue weighted by Gasteiger charge is -2.19. The van der Waals surface area contributed by atoms with Gasteiger partial charge in [-0.05, 0) is 43.9 Å². The lowest BCUT2D eigenvalue weighted by atomic mass is 10.1. The largest absolute Gasteiger partial charge is 0.341 e. The van der Waals surface area contributed by atoms with Crippen molar-refractivity contribution in [3.05, 3.63) is 35.4 Å². The van der Waals surface area contributed by atoms with Gasteiger partial charge >= 0.3 is 0 Å². The van der Waals surface area contributed by atoms with Crippen molar-refractivity contribution in [3.63, 3.8) is 0 Å². The van der Waals surface area contributed by atoms with E-state index in [-0.39, 0.29) is 18.3 Å². The maximum absolute atomic E-state index is 12.1. The second kappa shape index (κ2) is 8.28. The predicted octanol–water partition coefficient (Wildman–Crippen LogP) is 2.91. The monoisotopic (exact) mass is 296 g/mol. The van der Waals surface area contributed by atoms with Crippen LogP contribution in [0.2, 0.25) is 0 Å². The van der Waals surface area contributed by atoms with Crippen LogP contribution in [-0.4, -0.2) is 30.4 Å². The number of carbonyl (C=O) groups is 1. The van der Waals surface area contributed by atoms with E-state index in [1.165, 1.54) is 24.0 Å². The first-order chi connectivity index (χ1) is 9.16. The second-order valence-electron chi connectivity index (χ2n) is 5.51. The van der Waals surface area contributed by atoms with Gasteiger partial charge in [-0.25, -0.2) is 0 Å². The number of amides is 1. The standard InChI is InChI=1S/C16H24N2O.ClH/c1-13-6-3-4-7-14(13)12-18(2)16(19)10-9-15-8-5-11-17-15;/h3-4,6-7,15,17H,5,8-12H2,1-2H3;1H. The Labute approximate surface area is 128 Å². The molecule has 112 valence electrons. The molecule has 1 aliphatic heterocycles. The van der Waals surface area contributed by atoms with E-state index < -0.39 is 0 Å². The number of rotatable bonds is 5. The van der Waals surface area contributed by atoms with Crippen LogP contribution in [0.3, 0.4) is 0 Å². The molecule has 1 aliphatic rings. The third-order valence-corrected chi connectivity index (χ3v) is 3.96. The molecule has 1 aromatic rings. The maximum atomic E-state index is 12.1. The Balaban J connectivity index is 0.00000200. The number of nitrogens with zero attached hydrogens (tertiary/aromatic N) is 1. The fourth-order valence-electron chi connectivity index (χ4n) is 2.62. The van der Waals surface area contributed by atoms with Crippen LogP contribution in [0.4, 0.5) is 0 Å². The van der Waals surface area contributed by atoms with Gasteiger partial charge in [0.15, 0.2) is 0 Å². The van der Waals surface area contributed by atoms with Crippen LogP contribution in [0.15, 0.2) is 24.3 Å². The van der Waals surface area contributed by atoms with E-state index in [1.54, 1.807) is 0 Å². The van der Waals surface area contributed by atoms with Crippen molar-refractivity contribution >= 4 is 18.3 Å². The van der Waals surface area contributed by atoms with Gasteiger partial charge in [-0.3, -0.25) is 4.79 Å². The minimum absolute atomic E-state index is 0. The molecular formula is C16H25ClN2O. The number of carbonyl (C=O) groups excluding carboxylic acids is 1. The Bertz CT molecular complexity index is 430. The summed E-state index contributed by atoms with van der Waals surface area (Å²) < 4.78 is 0. The minimum atomic E-state index is 0. The van der Waals surface area contributed by atoms with E-state index in [1.807, 2.05) is 24.1 Å². The zero-order valence-corrected chi connectivity index (χ0v) is 13.2. The normalized spacial score (nSPS) is 17.6. The number of hydrogen-bond donors (Lipinski definition) is 1. The third-order valence-electron chi connectivity index (χ3n) is 3.96. The molecule has 1 fully saturated rings. The SMILES string of the molecule is Cc1ccccc1CN(C)C(=O)CCC1CCCN1.Cl. The summed E-state index contributed by atoms with van der Waals surface area (Å²) in [5.74, 6) is 0.247. The predicted molar refractivity (Wildman–Crippen MR) is 85.2 cm³/mol. The molecule has 0 bridgehead atoms. The second-order valence-corrected chi connectivity index (χ2v) is 5.51. The molecule has 1 unspecified atom stereocenters. The highest BCUT2D eigenvalue weighted by Gasteiger charge is 2.17. The lowest BCUT2D eigenvalue weighted by Crippen LogP contribution is -2.29. The number of hydrogen-bond acceptors (Lipinski definition) is 2. The van der Waals surface area contributed by atoms with E-state index in [4.69, 9.17) is 0 Å². The van der Waals surface area contributed by atoms with Crippen LogP contribution >= 0.6 is 12.4 Å². The topological polar surface area (TPSA) is 32.3 Å². The van der Waals surface area contributed by atoms with Crippen molar-refractivity contribution in [1.82, 2.24) is 10.2 Å². The third kappa shape index (κ3) is 4.80. The molecule has 20 heavy (non-hydrogen) atoms. The molecule has 1 aromatic carbocycles. The molecule has 1 saturated heterocycles. The Morgan fingerprint density at radius 2 is 2.15 bits per heavy atom. The van der Waals surface area contributed by atoms with Crippen molar-refractivity contribution in [2.45, 2.75) is 45.2 Å². The molecule has 1 heterocycles. The summed E-state index contributed by atoms with van der Waals surface area (Å²) in [5, 5.41) is 3.44. The first-order valence-electron chi connectivity index (χ1n) is 7.18. The Morgan fingerprint density at radius 3 is 2.80 bits per heavy atom. The number of benzene rings is 1. The van der Waals surface area contributed by atoms with Crippen molar-refractivity contribution in [2.24, 2.45) is 0 Å². The summed E-state index contributed by atoms with van der Waals surface area (Å²) in [5.41, 5.74) is 2.48. The first-order valence-corrected chi connectivity index (χ1v) is 7.18. The fraction of sp³-hybridized carbons (Fsp3) is 0.562. The molecule has 0 saturated carbocycles. The number of aryl methyl sites for hydroxylation is 1. The van der Waals surface area contributed by atoms with Crippen molar-refractivity contribution in [1.29, 1.82) is 0 Å². The molecule has 0 radical (unpaired) electrons. The summed E-state index contributed by atoms with van der Waals surface area (Å²) in [6.07, 6.45) is 4.09. The molecule has 1 N–H and O–H groups in total. The Hall–Kier alpha value is -1.06. The summed E-state index contributed by atoms with van der Waals surface area (Å²) >= 11 is 0. The van der Waals surface area contributed by atoms with Crippen LogP contribution in [0.25, 0.3) is 0 Å². The van der Waals surface area contributed by atoms with Crippen LogP contribution < -0.4 is 5.32 Å². The highest BCUT2D eigenvalue weighted by atomic mass is 35.5. The zero-order valence-electron chi connectivity index (χ0n) is 12.4. The average Bonchev–Trinajstić information content (AvgIpc) is 2.91. The van der Waals surface area contributed by atoms with Gasteiger partial charge < -0.3 is 10.2 Å². The highest BCUT2D eigenvalue weighted by molar-refractivity contribution is 5.85. The van der Waals surface area contributed by atoms with Crippen molar-refractivity contribution < 1.29 is 4.79 Å². The maximum Gasteiger partial charge on any atom is 0.222 e. The molecule has 0 aliphatic carbocycles. The summed E-state index contributed by atoms with van der Waals surface area (Å²) in [4.78, 5) is 14.0. The van der Waals surface area contributed by atoms with Crippen LogP contribution in [0, 0.1) is 6.92 Å². The lowest BCUT2D eigenvalue weighted by molar-refractivity contribution is -0.130.